The highest BCUT2D eigenvalue weighted by atomic mass is 35.5. The Labute approximate surface area is 168 Å². The SMILES string of the molecule is CN(Cc1cnn(C)c1)C(=O)c1ccc(S(=O)(=O)Nc2ccc(Cl)cc2)cc1. The van der Waals surface area contributed by atoms with E-state index in [4.69, 9.17) is 11.6 Å². The Morgan fingerprint density at radius 3 is 2.36 bits per heavy atom. The van der Waals surface area contributed by atoms with Crippen LogP contribution >= 0.6 is 11.6 Å². The predicted molar refractivity (Wildman–Crippen MR) is 108 cm³/mol. The van der Waals surface area contributed by atoms with Gasteiger partial charge in [0.1, 0.15) is 0 Å². The van der Waals surface area contributed by atoms with Gasteiger partial charge in [-0.2, -0.15) is 5.10 Å². The number of rotatable bonds is 6. The highest BCUT2D eigenvalue weighted by molar-refractivity contribution is 7.92. The van der Waals surface area contributed by atoms with Crippen LogP contribution in [0.15, 0.2) is 65.8 Å². The van der Waals surface area contributed by atoms with Gasteiger partial charge in [-0.3, -0.25) is 14.2 Å². The molecule has 1 heterocycles. The maximum atomic E-state index is 12.6. The molecule has 0 saturated heterocycles. The van der Waals surface area contributed by atoms with E-state index >= 15 is 0 Å². The lowest BCUT2D eigenvalue weighted by Crippen LogP contribution is -2.26. The fourth-order valence-electron chi connectivity index (χ4n) is 2.63. The van der Waals surface area contributed by atoms with Crippen LogP contribution in [0.1, 0.15) is 15.9 Å². The molecule has 0 radical (unpaired) electrons. The van der Waals surface area contributed by atoms with Gasteiger partial charge in [-0.1, -0.05) is 11.6 Å². The van der Waals surface area contributed by atoms with Gasteiger partial charge in [0.05, 0.1) is 11.1 Å². The van der Waals surface area contributed by atoms with Crippen molar-refractivity contribution in [3.63, 3.8) is 0 Å². The molecule has 0 aliphatic heterocycles. The average molecular weight is 419 g/mol. The van der Waals surface area contributed by atoms with Crippen LogP contribution in [0.2, 0.25) is 5.02 Å². The summed E-state index contributed by atoms with van der Waals surface area (Å²) >= 11 is 5.81. The zero-order valence-corrected chi connectivity index (χ0v) is 16.9. The number of sulfonamides is 1. The molecule has 1 aromatic heterocycles. The number of hydrogen-bond donors (Lipinski definition) is 1. The van der Waals surface area contributed by atoms with Crippen LogP contribution in [0.3, 0.4) is 0 Å². The normalized spacial score (nSPS) is 11.2. The van der Waals surface area contributed by atoms with Gasteiger partial charge < -0.3 is 4.90 Å². The lowest BCUT2D eigenvalue weighted by atomic mass is 10.2. The number of benzene rings is 2. The molecule has 1 amide bonds. The Kier molecular flexibility index (Phi) is 5.71. The van der Waals surface area contributed by atoms with E-state index in [1.54, 1.807) is 47.1 Å². The minimum atomic E-state index is -3.76. The lowest BCUT2D eigenvalue weighted by molar-refractivity contribution is 0.0785. The van der Waals surface area contributed by atoms with Gasteiger partial charge >= 0.3 is 0 Å². The maximum absolute atomic E-state index is 12.6. The third-order valence-electron chi connectivity index (χ3n) is 4.03. The summed E-state index contributed by atoms with van der Waals surface area (Å²) in [6.45, 7) is 0.408. The largest absolute Gasteiger partial charge is 0.337 e. The third-order valence-corrected chi connectivity index (χ3v) is 5.68. The minimum Gasteiger partial charge on any atom is -0.337 e. The lowest BCUT2D eigenvalue weighted by Gasteiger charge is -2.16. The van der Waals surface area contributed by atoms with Crippen molar-refractivity contribution in [2.24, 2.45) is 7.05 Å². The van der Waals surface area contributed by atoms with E-state index in [9.17, 15) is 13.2 Å². The number of amides is 1. The fourth-order valence-corrected chi connectivity index (χ4v) is 3.81. The van der Waals surface area contributed by atoms with E-state index in [2.05, 4.69) is 9.82 Å². The first-order chi connectivity index (χ1) is 13.2. The van der Waals surface area contributed by atoms with Crippen molar-refractivity contribution in [1.29, 1.82) is 0 Å². The number of nitrogens with one attached hydrogen (secondary N) is 1. The second-order valence-electron chi connectivity index (χ2n) is 6.32. The summed E-state index contributed by atoms with van der Waals surface area (Å²) in [4.78, 5) is 14.2. The van der Waals surface area contributed by atoms with Crippen LogP contribution in [-0.2, 0) is 23.6 Å². The molecule has 146 valence electrons. The Bertz CT molecular complexity index is 1080. The zero-order chi connectivity index (χ0) is 20.3. The van der Waals surface area contributed by atoms with Crippen LogP contribution in [0.5, 0.6) is 0 Å². The van der Waals surface area contributed by atoms with E-state index in [1.807, 2.05) is 13.2 Å². The molecule has 28 heavy (non-hydrogen) atoms. The first-order valence-electron chi connectivity index (χ1n) is 8.36. The van der Waals surface area contributed by atoms with Crippen molar-refractivity contribution in [2.45, 2.75) is 11.4 Å². The molecule has 3 aromatic rings. The first-order valence-corrected chi connectivity index (χ1v) is 10.2. The van der Waals surface area contributed by atoms with Crippen LogP contribution in [0.4, 0.5) is 5.69 Å². The van der Waals surface area contributed by atoms with Crippen LogP contribution in [-0.4, -0.2) is 36.1 Å². The molecule has 1 N–H and O–H groups in total. The first kappa shape index (κ1) is 19.9. The number of aromatic nitrogens is 2. The number of carbonyl (C=O) groups is 1. The van der Waals surface area contributed by atoms with Crippen LogP contribution < -0.4 is 4.72 Å². The number of halogens is 1. The summed E-state index contributed by atoms with van der Waals surface area (Å²) in [5, 5.41) is 4.59. The highest BCUT2D eigenvalue weighted by Crippen LogP contribution is 2.19. The molecule has 0 atom stereocenters. The summed E-state index contributed by atoms with van der Waals surface area (Å²) in [5.74, 6) is -0.210. The molecule has 0 aliphatic carbocycles. The molecule has 0 fully saturated rings. The molecule has 0 bridgehead atoms. The summed E-state index contributed by atoms with van der Waals surface area (Å²) < 4.78 is 29.1. The molecule has 9 heteroatoms. The monoisotopic (exact) mass is 418 g/mol. The summed E-state index contributed by atoms with van der Waals surface area (Å²) in [5.41, 5.74) is 1.71. The number of carbonyl (C=O) groups excluding carboxylic acids is 1. The van der Waals surface area contributed by atoms with Crippen molar-refractivity contribution in [3.05, 3.63) is 77.1 Å². The average Bonchev–Trinajstić information content (AvgIpc) is 3.07. The van der Waals surface area contributed by atoms with E-state index in [-0.39, 0.29) is 10.8 Å². The fraction of sp³-hybridized carbons (Fsp3) is 0.158. The van der Waals surface area contributed by atoms with Crippen molar-refractivity contribution in [2.75, 3.05) is 11.8 Å². The quantitative estimate of drug-likeness (QED) is 0.666. The standard InChI is InChI=1S/C19H19ClN4O3S/c1-23(12-14-11-21-24(2)13-14)19(25)15-3-9-18(10-4-15)28(26,27)22-17-7-5-16(20)6-8-17/h3-11,13,22H,12H2,1-2H3. The van der Waals surface area contributed by atoms with Gasteiger partial charge in [0.25, 0.3) is 15.9 Å². The van der Waals surface area contributed by atoms with Crippen molar-refractivity contribution >= 4 is 33.2 Å². The Hall–Kier alpha value is -2.84. The minimum absolute atomic E-state index is 0.0638. The van der Waals surface area contributed by atoms with Gasteiger partial charge in [0.15, 0.2) is 0 Å². The number of hydrogen-bond acceptors (Lipinski definition) is 4. The van der Waals surface area contributed by atoms with E-state index < -0.39 is 10.0 Å². The molecule has 0 spiro atoms. The summed E-state index contributed by atoms with van der Waals surface area (Å²) in [7, 11) is -0.273. The van der Waals surface area contributed by atoms with Gasteiger partial charge in [-0.05, 0) is 48.5 Å². The number of nitrogens with zero attached hydrogens (tertiary/aromatic N) is 3. The molecular formula is C19H19ClN4O3S. The topological polar surface area (TPSA) is 84.3 Å². The predicted octanol–water partition coefficient (Wildman–Crippen LogP) is 3.15. The number of anilines is 1. The van der Waals surface area contributed by atoms with Crippen LogP contribution in [0.25, 0.3) is 0 Å². The van der Waals surface area contributed by atoms with E-state index in [0.29, 0.717) is 22.8 Å². The van der Waals surface area contributed by atoms with Crippen molar-refractivity contribution in [3.8, 4) is 0 Å². The number of aryl methyl sites for hydroxylation is 1. The molecule has 0 aliphatic rings. The molecule has 0 unspecified atom stereocenters. The second-order valence-corrected chi connectivity index (χ2v) is 8.44. The molecular weight excluding hydrogens is 400 g/mol. The van der Waals surface area contributed by atoms with Crippen molar-refractivity contribution in [1.82, 2.24) is 14.7 Å². The van der Waals surface area contributed by atoms with Gasteiger partial charge in [0.2, 0.25) is 0 Å². The Morgan fingerprint density at radius 1 is 1.14 bits per heavy atom. The van der Waals surface area contributed by atoms with Gasteiger partial charge in [0, 0.05) is 48.7 Å². The van der Waals surface area contributed by atoms with Gasteiger partial charge in [-0.15, -0.1) is 0 Å². The summed E-state index contributed by atoms with van der Waals surface area (Å²) in [6, 6.07) is 12.2. The smallest absolute Gasteiger partial charge is 0.261 e. The molecule has 3 rings (SSSR count). The van der Waals surface area contributed by atoms with Crippen LogP contribution in [0, 0.1) is 0 Å². The van der Waals surface area contributed by atoms with Gasteiger partial charge in [-0.25, -0.2) is 8.42 Å². The molecule has 0 saturated carbocycles. The molecule has 2 aromatic carbocycles. The second kappa shape index (κ2) is 8.04. The van der Waals surface area contributed by atoms with E-state index in [0.717, 1.165) is 5.56 Å². The van der Waals surface area contributed by atoms with E-state index in [1.165, 1.54) is 24.3 Å². The molecule has 7 nitrogen and oxygen atoms in total. The maximum Gasteiger partial charge on any atom is 0.261 e. The summed E-state index contributed by atoms with van der Waals surface area (Å²) in [6.07, 6.45) is 3.53. The third kappa shape index (κ3) is 4.71. The Balaban J connectivity index is 1.71. The zero-order valence-electron chi connectivity index (χ0n) is 15.3. The van der Waals surface area contributed by atoms with Crippen molar-refractivity contribution < 1.29 is 13.2 Å². The highest BCUT2D eigenvalue weighted by Gasteiger charge is 2.17. The Morgan fingerprint density at radius 2 is 1.79 bits per heavy atom.